The van der Waals surface area contributed by atoms with Crippen molar-refractivity contribution in [3.8, 4) is 5.75 Å². The first-order chi connectivity index (χ1) is 11.9. The van der Waals surface area contributed by atoms with Crippen molar-refractivity contribution in [2.45, 2.75) is 27.7 Å². The van der Waals surface area contributed by atoms with Gasteiger partial charge in [-0.05, 0) is 39.3 Å². The van der Waals surface area contributed by atoms with E-state index >= 15 is 0 Å². The fourth-order valence-electron chi connectivity index (χ4n) is 2.49. The molecule has 0 aliphatic carbocycles. The van der Waals surface area contributed by atoms with Crippen molar-refractivity contribution in [2.75, 3.05) is 30.4 Å². The highest BCUT2D eigenvalue weighted by atomic mass is 35.5. The van der Waals surface area contributed by atoms with Crippen LogP contribution in [0.1, 0.15) is 35.7 Å². The van der Waals surface area contributed by atoms with Crippen molar-refractivity contribution >= 4 is 29.0 Å². The second-order valence-electron chi connectivity index (χ2n) is 5.59. The first kappa shape index (κ1) is 19.0. The molecule has 7 heteroatoms. The van der Waals surface area contributed by atoms with Crippen molar-refractivity contribution in [2.24, 2.45) is 0 Å². The zero-order valence-corrected chi connectivity index (χ0v) is 15.9. The Morgan fingerprint density at radius 3 is 2.48 bits per heavy atom. The van der Waals surface area contributed by atoms with Gasteiger partial charge in [0.15, 0.2) is 0 Å². The van der Waals surface area contributed by atoms with Gasteiger partial charge >= 0.3 is 0 Å². The number of ether oxygens (including phenoxy) is 1. The van der Waals surface area contributed by atoms with Gasteiger partial charge < -0.3 is 15.0 Å². The van der Waals surface area contributed by atoms with Crippen LogP contribution < -0.4 is 15.0 Å². The molecule has 0 saturated heterocycles. The third-order valence-electron chi connectivity index (χ3n) is 3.87. The van der Waals surface area contributed by atoms with Gasteiger partial charge in [-0.1, -0.05) is 11.6 Å². The van der Waals surface area contributed by atoms with Crippen LogP contribution in [0.5, 0.6) is 5.75 Å². The van der Waals surface area contributed by atoms with E-state index < -0.39 is 0 Å². The summed E-state index contributed by atoms with van der Waals surface area (Å²) >= 11 is 6.11. The van der Waals surface area contributed by atoms with E-state index in [1.165, 1.54) is 7.11 Å². The quantitative estimate of drug-likeness (QED) is 0.845. The standard InChI is InChI=1S/C18H23ClN4O2/c1-6-23(7-2)17-10-15(20-12(4)21-17)18(24)22-14-8-11(3)13(19)9-16(14)25-5/h8-10H,6-7H2,1-5H3,(H,22,24). The number of carbonyl (C=O) groups excluding carboxylic acids is 1. The number of benzene rings is 1. The summed E-state index contributed by atoms with van der Waals surface area (Å²) in [4.78, 5) is 23.4. The number of halogens is 1. The zero-order chi connectivity index (χ0) is 18.6. The van der Waals surface area contributed by atoms with Crippen LogP contribution in [-0.2, 0) is 0 Å². The van der Waals surface area contributed by atoms with Crippen LogP contribution in [0.2, 0.25) is 5.02 Å². The molecule has 0 unspecified atom stereocenters. The predicted octanol–water partition coefficient (Wildman–Crippen LogP) is 3.85. The molecule has 1 N–H and O–H groups in total. The topological polar surface area (TPSA) is 67.4 Å². The Labute approximate surface area is 153 Å². The summed E-state index contributed by atoms with van der Waals surface area (Å²) in [5.74, 6) is 1.47. The largest absolute Gasteiger partial charge is 0.495 e. The first-order valence-corrected chi connectivity index (χ1v) is 8.53. The molecule has 1 aromatic heterocycles. The van der Waals surface area contributed by atoms with Gasteiger partial charge in [-0.15, -0.1) is 0 Å². The summed E-state index contributed by atoms with van der Waals surface area (Å²) < 4.78 is 5.30. The Kier molecular flexibility index (Phi) is 6.20. The highest BCUT2D eigenvalue weighted by Gasteiger charge is 2.16. The molecular weight excluding hydrogens is 340 g/mol. The van der Waals surface area contributed by atoms with Gasteiger partial charge in [0.1, 0.15) is 23.1 Å². The van der Waals surface area contributed by atoms with E-state index in [-0.39, 0.29) is 5.91 Å². The van der Waals surface area contributed by atoms with Crippen molar-refractivity contribution in [3.63, 3.8) is 0 Å². The number of carbonyl (C=O) groups is 1. The Balaban J connectivity index is 2.34. The molecule has 0 aliphatic heterocycles. The third kappa shape index (κ3) is 4.39. The lowest BCUT2D eigenvalue weighted by Gasteiger charge is -2.20. The summed E-state index contributed by atoms with van der Waals surface area (Å²) in [7, 11) is 1.53. The van der Waals surface area contributed by atoms with E-state index in [2.05, 4.69) is 20.2 Å². The number of aryl methyl sites for hydroxylation is 2. The van der Waals surface area contributed by atoms with Crippen LogP contribution in [0.25, 0.3) is 0 Å². The van der Waals surface area contributed by atoms with Gasteiger partial charge in [0.25, 0.3) is 5.91 Å². The Morgan fingerprint density at radius 1 is 1.20 bits per heavy atom. The summed E-state index contributed by atoms with van der Waals surface area (Å²) in [5, 5.41) is 3.42. The van der Waals surface area contributed by atoms with E-state index in [1.807, 2.05) is 20.8 Å². The lowest BCUT2D eigenvalue weighted by Crippen LogP contribution is -2.25. The maximum Gasteiger partial charge on any atom is 0.274 e. The highest BCUT2D eigenvalue weighted by Crippen LogP contribution is 2.31. The number of rotatable bonds is 6. The molecule has 2 rings (SSSR count). The van der Waals surface area contributed by atoms with E-state index in [9.17, 15) is 4.79 Å². The monoisotopic (exact) mass is 362 g/mol. The van der Waals surface area contributed by atoms with Crippen molar-refractivity contribution in [1.82, 2.24) is 9.97 Å². The molecule has 0 aliphatic rings. The smallest absolute Gasteiger partial charge is 0.274 e. The fourth-order valence-corrected chi connectivity index (χ4v) is 2.65. The molecule has 1 heterocycles. The molecule has 25 heavy (non-hydrogen) atoms. The van der Waals surface area contributed by atoms with E-state index in [0.717, 1.165) is 24.5 Å². The van der Waals surface area contributed by atoms with Crippen LogP contribution in [0.15, 0.2) is 18.2 Å². The zero-order valence-electron chi connectivity index (χ0n) is 15.2. The Bertz CT molecular complexity index is 776. The van der Waals surface area contributed by atoms with Crippen molar-refractivity contribution in [1.29, 1.82) is 0 Å². The lowest BCUT2D eigenvalue weighted by atomic mass is 10.2. The summed E-state index contributed by atoms with van der Waals surface area (Å²) in [5.41, 5.74) is 1.71. The predicted molar refractivity (Wildman–Crippen MR) is 101 cm³/mol. The van der Waals surface area contributed by atoms with Crippen LogP contribution >= 0.6 is 11.6 Å². The molecule has 6 nitrogen and oxygen atoms in total. The van der Waals surface area contributed by atoms with Crippen LogP contribution in [0.3, 0.4) is 0 Å². The Hall–Kier alpha value is -2.34. The van der Waals surface area contributed by atoms with E-state index in [1.54, 1.807) is 25.1 Å². The molecule has 2 aromatic rings. The normalized spacial score (nSPS) is 10.5. The van der Waals surface area contributed by atoms with Crippen molar-refractivity contribution < 1.29 is 9.53 Å². The molecule has 0 radical (unpaired) electrons. The van der Waals surface area contributed by atoms with Gasteiger partial charge in [0, 0.05) is 30.2 Å². The van der Waals surface area contributed by atoms with E-state index in [0.29, 0.717) is 28.0 Å². The molecule has 0 saturated carbocycles. The summed E-state index contributed by atoms with van der Waals surface area (Å²) in [6, 6.07) is 5.15. The van der Waals surface area contributed by atoms with Crippen LogP contribution in [-0.4, -0.2) is 36.1 Å². The Morgan fingerprint density at radius 2 is 1.88 bits per heavy atom. The minimum absolute atomic E-state index is 0.309. The number of hydrogen-bond acceptors (Lipinski definition) is 5. The van der Waals surface area contributed by atoms with Gasteiger partial charge in [0.2, 0.25) is 0 Å². The summed E-state index contributed by atoms with van der Waals surface area (Å²) in [6.45, 7) is 9.34. The number of hydrogen-bond donors (Lipinski definition) is 1. The number of amides is 1. The van der Waals surface area contributed by atoms with Gasteiger partial charge in [-0.25, -0.2) is 9.97 Å². The first-order valence-electron chi connectivity index (χ1n) is 8.15. The molecule has 134 valence electrons. The minimum Gasteiger partial charge on any atom is -0.495 e. The highest BCUT2D eigenvalue weighted by molar-refractivity contribution is 6.31. The SMILES string of the molecule is CCN(CC)c1cc(C(=O)Nc2cc(C)c(Cl)cc2OC)nc(C)n1. The minimum atomic E-state index is -0.320. The van der Waals surface area contributed by atoms with Crippen LogP contribution in [0, 0.1) is 13.8 Å². The second kappa shape index (κ2) is 8.16. The number of aromatic nitrogens is 2. The maximum atomic E-state index is 12.7. The van der Waals surface area contributed by atoms with Gasteiger partial charge in [0.05, 0.1) is 12.8 Å². The molecule has 0 fully saturated rings. The number of methoxy groups -OCH3 is 1. The van der Waals surface area contributed by atoms with E-state index in [4.69, 9.17) is 16.3 Å². The summed E-state index contributed by atoms with van der Waals surface area (Å²) in [6.07, 6.45) is 0. The van der Waals surface area contributed by atoms with Crippen molar-refractivity contribution in [3.05, 3.63) is 40.3 Å². The fraction of sp³-hybridized carbons (Fsp3) is 0.389. The number of anilines is 2. The molecule has 1 amide bonds. The average molecular weight is 363 g/mol. The van der Waals surface area contributed by atoms with Gasteiger partial charge in [-0.2, -0.15) is 0 Å². The molecule has 0 bridgehead atoms. The molecule has 0 atom stereocenters. The second-order valence-corrected chi connectivity index (χ2v) is 5.99. The van der Waals surface area contributed by atoms with Gasteiger partial charge in [-0.3, -0.25) is 4.79 Å². The third-order valence-corrected chi connectivity index (χ3v) is 4.28. The number of nitrogens with one attached hydrogen (secondary N) is 1. The molecule has 1 aromatic carbocycles. The molecule has 0 spiro atoms. The maximum absolute atomic E-state index is 12.7. The number of nitrogens with zero attached hydrogens (tertiary/aromatic N) is 3. The van der Waals surface area contributed by atoms with Crippen LogP contribution in [0.4, 0.5) is 11.5 Å². The molecular formula is C18H23ClN4O2. The average Bonchev–Trinajstić information content (AvgIpc) is 2.58. The lowest BCUT2D eigenvalue weighted by molar-refractivity contribution is 0.102.